The highest BCUT2D eigenvalue weighted by Crippen LogP contribution is 2.26. The van der Waals surface area contributed by atoms with Gasteiger partial charge < -0.3 is 5.11 Å². The number of halogens is 1. The van der Waals surface area contributed by atoms with Gasteiger partial charge in [0.05, 0.1) is 12.2 Å². The highest BCUT2D eigenvalue weighted by Gasteiger charge is 2.16. The van der Waals surface area contributed by atoms with Gasteiger partial charge in [-0.05, 0) is 30.2 Å². The van der Waals surface area contributed by atoms with Crippen molar-refractivity contribution in [2.45, 2.75) is 13.0 Å². The number of phenolic OH excluding ortho intramolecular Hbond substituents is 1. The summed E-state index contributed by atoms with van der Waals surface area (Å²) in [6.07, 6.45) is 1.58. The smallest absolute Gasteiger partial charge is 0.286 e. The normalized spacial score (nSPS) is 12.1. The van der Waals surface area contributed by atoms with E-state index in [1.165, 1.54) is 4.68 Å². The predicted octanol–water partition coefficient (Wildman–Crippen LogP) is 3.88. The van der Waals surface area contributed by atoms with Crippen LogP contribution in [0.1, 0.15) is 18.5 Å². The molecule has 0 saturated heterocycles. The Labute approximate surface area is 138 Å². The molecular weight excluding hydrogens is 312 g/mol. The summed E-state index contributed by atoms with van der Waals surface area (Å²) in [6, 6.07) is 15.9. The fraction of sp³-hybridized carbons (Fsp3) is 0.111. The van der Waals surface area contributed by atoms with E-state index < -0.39 is 0 Å². The maximum absolute atomic E-state index is 12.6. The first-order chi connectivity index (χ1) is 11.1. The third-order valence-corrected chi connectivity index (χ3v) is 4.14. The Kier molecular flexibility index (Phi) is 4.17. The van der Waals surface area contributed by atoms with Gasteiger partial charge in [-0.3, -0.25) is 4.79 Å². The molecule has 2 aromatic carbocycles. The third-order valence-electron chi connectivity index (χ3n) is 3.77. The number of hydrogen-bond donors (Lipinski definition) is 1. The van der Waals surface area contributed by atoms with Crippen LogP contribution in [0.3, 0.4) is 0 Å². The Morgan fingerprint density at radius 3 is 2.39 bits per heavy atom. The van der Waals surface area contributed by atoms with Crippen molar-refractivity contribution in [2.24, 2.45) is 0 Å². The first-order valence-corrected chi connectivity index (χ1v) is 7.57. The lowest BCUT2D eigenvalue weighted by molar-refractivity contribution is 0.475. The molecule has 0 saturated carbocycles. The van der Waals surface area contributed by atoms with Gasteiger partial charge in [-0.2, -0.15) is 5.10 Å². The summed E-state index contributed by atoms with van der Waals surface area (Å²) >= 11 is 6.27. The number of aromatic nitrogens is 2. The third kappa shape index (κ3) is 2.98. The van der Waals surface area contributed by atoms with Gasteiger partial charge in [-0.1, -0.05) is 54.1 Å². The highest BCUT2D eigenvalue weighted by molar-refractivity contribution is 6.33. The molecule has 3 aromatic rings. The van der Waals surface area contributed by atoms with E-state index in [4.69, 9.17) is 11.6 Å². The monoisotopic (exact) mass is 326 g/mol. The van der Waals surface area contributed by atoms with Crippen molar-refractivity contribution in [1.29, 1.82) is 0 Å². The first-order valence-electron chi connectivity index (χ1n) is 7.19. The minimum Gasteiger partial charge on any atom is -0.508 e. The van der Waals surface area contributed by atoms with Crippen molar-refractivity contribution in [3.8, 4) is 16.9 Å². The first kappa shape index (κ1) is 15.3. The lowest BCUT2D eigenvalue weighted by Gasteiger charge is -2.15. The quantitative estimate of drug-likeness (QED) is 0.794. The molecule has 0 aliphatic heterocycles. The average molecular weight is 327 g/mol. The predicted molar refractivity (Wildman–Crippen MR) is 90.9 cm³/mol. The molecule has 1 N–H and O–H groups in total. The van der Waals surface area contributed by atoms with E-state index in [0.29, 0.717) is 5.56 Å². The molecule has 4 nitrogen and oxygen atoms in total. The lowest BCUT2D eigenvalue weighted by Crippen LogP contribution is -2.27. The van der Waals surface area contributed by atoms with Crippen molar-refractivity contribution < 1.29 is 5.11 Å². The Morgan fingerprint density at radius 2 is 1.74 bits per heavy atom. The van der Waals surface area contributed by atoms with Crippen LogP contribution >= 0.6 is 11.6 Å². The number of benzene rings is 2. The van der Waals surface area contributed by atoms with Gasteiger partial charge >= 0.3 is 0 Å². The Balaban J connectivity index is 2.04. The van der Waals surface area contributed by atoms with Crippen molar-refractivity contribution in [3.05, 3.63) is 81.7 Å². The van der Waals surface area contributed by atoms with Gasteiger partial charge in [-0.25, -0.2) is 4.68 Å². The van der Waals surface area contributed by atoms with Crippen LogP contribution in [0.15, 0.2) is 65.6 Å². The average Bonchev–Trinajstić information content (AvgIpc) is 2.58. The van der Waals surface area contributed by atoms with Crippen molar-refractivity contribution in [2.75, 3.05) is 0 Å². The Morgan fingerprint density at radius 1 is 1.09 bits per heavy atom. The molecule has 1 atom stereocenters. The molecule has 1 unspecified atom stereocenters. The molecular formula is C18H15ClN2O2. The minimum absolute atomic E-state index is 0.119. The van der Waals surface area contributed by atoms with Crippen LogP contribution < -0.4 is 5.56 Å². The summed E-state index contributed by atoms with van der Waals surface area (Å²) in [5, 5.41) is 13.7. The second-order valence-electron chi connectivity index (χ2n) is 5.26. The minimum atomic E-state index is -0.339. The molecule has 116 valence electrons. The fourth-order valence-electron chi connectivity index (χ4n) is 2.44. The summed E-state index contributed by atoms with van der Waals surface area (Å²) in [7, 11) is 0. The lowest BCUT2D eigenvalue weighted by atomic mass is 10.1. The molecule has 3 rings (SSSR count). The SMILES string of the molecule is CC(c1ccccc1)n1ncc(-c2ccc(O)cc2)c(Cl)c1=O. The summed E-state index contributed by atoms with van der Waals surface area (Å²) in [5.41, 5.74) is 1.93. The summed E-state index contributed by atoms with van der Waals surface area (Å²) in [5.74, 6) is 0.156. The van der Waals surface area contributed by atoms with Gasteiger partial charge in [0.2, 0.25) is 0 Å². The van der Waals surface area contributed by atoms with Crippen LogP contribution in [0.5, 0.6) is 5.75 Å². The molecule has 1 heterocycles. The van der Waals surface area contributed by atoms with Crippen LogP contribution in [-0.2, 0) is 0 Å². The Hall–Kier alpha value is -2.59. The van der Waals surface area contributed by atoms with Gasteiger partial charge in [0.15, 0.2) is 0 Å². The van der Waals surface area contributed by atoms with E-state index in [1.54, 1.807) is 30.5 Å². The second kappa shape index (κ2) is 6.26. The fourth-order valence-corrected chi connectivity index (χ4v) is 2.68. The van der Waals surface area contributed by atoms with E-state index in [1.807, 2.05) is 37.3 Å². The molecule has 23 heavy (non-hydrogen) atoms. The van der Waals surface area contributed by atoms with Crippen molar-refractivity contribution in [3.63, 3.8) is 0 Å². The van der Waals surface area contributed by atoms with E-state index in [2.05, 4.69) is 5.10 Å². The van der Waals surface area contributed by atoms with E-state index in [0.717, 1.165) is 11.1 Å². The maximum atomic E-state index is 12.6. The molecule has 0 bridgehead atoms. The van der Waals surface area contributed by atoms with Gasteiger partial charge in [0, 0.05) is 5.56 Å². The van der Waals surface area contributed by atoms with E-state index >= 15 is 0 Å². The molecule has 0 aliphatic carbocycles. The van der Waals surface area contributed by atoms with Crippen molar-refractivity contribution in [1.82, 2.24) is 9.78 Å². The molecule has 5 heteroatoms. The summed E-state index contributed by atoms with van der Waals surface area (Å²) < 4.78 is 1.38. The summed E-state index contributed by atoms with van der Waals surface area (Å²) in [6.45, 7) is 1.90. The van der Waals surface area contributed by atoms with Crippen LogP contribution in [0.25, 0.3) is 11.1 Å². The zero-order chi connectivity index (χ0) is 16.4. The van der Waals surface area contributed by atoms with E-state index in [-0.39, 0.29) is 22.4 Å². The van der Waals surface area contributed by atoms with Crippen LogP contribution in [-0.4, -0.2) is 14.9 Å². The van der Waals surface area contributed by atoms with Crippen LogP contribution in [0.4, 0.5) is 0 Å². The number of nitrogens with zero attached hydrogens (tertiary/aromatic N) is 2. The molecule has 0 aliphatic rings. The maximum Gasteiger partial charge on any atom is 0.286 e. The number of aromatic hydroxyl groups is 1. The molecule has 0 spiro atoms. The van der Waals surface area contributed by atoms with Crippen LogP contribution in [0.2, 0.25) is 5.02 Å². The highest BCUT2D eigenvalue weighted by atomic mass is 35.5. The molecule has 0 fully saturated rings. The summed E-state index contributed by atoms with van der Waals surface area (Å²) in [4.78, 5) is 12.6. The van der Waals surface area contributed by atoms with E-state index in [9.17, 15) is 9.90 Å². The number of hydrogen-bond acceptors (Lipinski definition) is 3. The molecule has 0 amide bonds. The number of rotatable bonds is 3. The van der Waals surface area contributed by atoms with Crippen molar-refractivity contribution >= 4 is 11.6 Å². The second-order valence-corrected chi connectivity index (χ2v) is 5.63. The molecule has 1 aromatic heterocycles. The largest absolute Gasteiger partial charge is 0.508 e. The topological polar surface area (TPSA) is 55.1 Å². The Bertz CT molecular complexity index is 874. The van der Waals surface area contributed by atoms with Crippen LogP contribution in [0, 0.1) is 0 Å². The molecule has 0 radical (unpaired) electrons. The zero-order valence-corrected chi connectivity index (χ0v) is 13.2. The number of phenols is 1. The van der Waals surface area contributed by atoms with Gasteiger partial charge in [0.1, 0.15) is 10.8 Å². The van der Waals surface area contributed by atoms with Gasteiger partial charge in [0.25, 0.3) is 5.56 Å². The zero-order valence-electron chi connectivity index (χ0n) is 12.5. The van der Waals surface area contributed by atoms with Gasteiger partial charge in [-0.15, -0.1) is 0 Å². The standard InChI is InChI=1S/C18H15ClN2O2/c1-12(13-5-3-2-4-6-13)21-18(23)17(19)16(11-20-21)14-7-9-15(22)10-8-14/h2-12,22H,1H3.